The van der Waals surface area contributed by atoms with Crippen molar-refractivity contribution in [2.24, 2.45) is 0 Å². The van der Waals surface area contributed by atoms with Gasteiger partial charge in [0.25, 0.3) is 10.0 Å². The van der Waals surface area contributed by atoms with Crippen LogP contribution in [0.1, 0.15) is 79.9 Å². The number of hydrogen-bond acceptors (Lipinski definition) is 12. The maximum absolute atomic E-state index is 14.0. The van der Waals surface area contributed by atoms with Crippen molar-refractivity contribution in [2.75, 3.05) is 39.7 Å². The van der Waals surface area contributed by atoms with Gasteiger partial charge in [-0.05, 0) is 118 Å². The molecule has 0 aliphatic rings. The number of likely N-dealkylation sites (N-methyl/N-ethyl adjacent to an activating group) is 1. The average Bonchev–Trinajstić information content (AvgIpc) is 3.47. The van der Waals surface area contributed by atoms with Gasteiger partial charge in [-0.2, -0.15) is 0 Å². The fourth-order valence-electron chi connectivity index (χ4n) is 5.79. The van der Waals surface area contributed by atoms with E-state index in [2.05, 4.69) is 15.3 Å². The lowest BCUT2D eigenvalue weighted by Crippen LogP contribution is -2.46. The lowest BCUT2D eigenvalue weighted by atomic mass is 10.1. The molecule has 4 rings (SSSR count). The number of benzene rings is 2. The number of ether oxygens (including phenoxy) is 4. The Kier molecular flexibility index (Phi) is 13.8. The highest BCUT2D eigenvalue weighted by molar-refractivity contribution is 7.90. The Balaban J connectivity index is 1.71. The number of esters is 1. The van der Waals surface area contributed by atoms with Crippen molar-refractivity contribution in [1.29, 1.82) is 0 Å². The molecule has 15 heteroatoms. The number of anilines is 2. The van der Waals surface area contributed by atoms with E-state index in [-0.39, 0.29) is 17.1 Å². The maximum Gasteiger partial charge on any atom is 0.410 e. The van der Waals surface area contributed by atoms with Gasteiger partial charge in [0, 0.05) is 37.6 Å². The topological polar surface area (TPSA) is 154 Å². The van der Waals surface area contributed by atoms with Gasteiger partial charge in [0.2, 0.25) is 0 Å². The summed E-state index contributed by atoms with van der Waals surface area (Å²) in [4.78, 5) is 38.6. The second-order valence-corrected chi connectivity index (χ2v) is 18.5. The minimum absolute atomic E-state index is 0.114. The first kappa shape index (κ1) is 44.0. The van der Waals surface area contributed by atoms with E-state index >= 15 is 0 Å². The summed E-state index contributed by atoms with van der Waals surface area (Å²) in [7, 11) is 1.04. The Morgan fingerprint density at radius 3 is 2.14 bits per heavy atom. The Bertz CT molecular complexity index is 2080. The maximum atomic E-state index is 14.0. The van der Waals surface area contributed by atoms with Crippen LogP contribution in [0.5, 0.6) is 5.75 Å². The molecular weight excluding hydrogens is 737 g/mol. The summed E-state index contributed by atoms with van der Waals surface area (Å²) in [6.45, 7) is 17.5. The van der Waals surface area contributed by atoms with Crippen molar-refractivity contribution in [3.05, 3.63) is 72.2 Å². The number of aromatic nitrogens is 3. The second kappa shape index (κ2) is 17.6. The lowest BCUT2D eigenvalue weighted by molar-refractivity contribution is -0.165. The van der Waals surface area contributed by atoms with Gasteiger partial charge in [0.1, 0.15) is 35.1 Å². The fraction of sp³-hybridized carbons (Fsp3) is 0.512. The zero-order chi connectivity index (χ0) is 41.6. The number of aryl methyl sites for hydroxylation is 1. The lowest BCUT2D eigenvalue weighted by Gasteiger charge is -2.32. The minimum atomic E-state index is -4.04. The Morgan fingerprint density at radius 2 is 1.54 bits per heavy atom. The quantitative estimate of drug-likeness (QED) is 0.121. The molecule has 0 radical (unpaired) electrons. The molecule has 0 aliphatic carbocycles. The van der Waals surface area contributed by atoms with Crippen LogP contribution >= 0.6 is 0 Å². The molecular formula is C41H58N6O8S. The van der Waals surface area contributed by atoms with Crippen molar-refractivity contribution >= 4 is 44.6 Å². The summed E-state index contributed by atoms with van der Waals surface area (Å²) in [5, 5.41) is 3.91. The monoisotopic (exact) mass is 794 g/mol. The van der Waals surface area contributed by atoms with Gasteiger partial charge < -0.3 is 29.2 Å². The molecule has 0 bridgehead atoms. The molecule has 1 amide bonds. The Hall–Kier alpha value is -4.73. The van der Waals surface area contributed by atoms with Crippen molar-refractivity contribution < 1.29 is 37.0 Å². The van der Waals surface area contributed by atoms with Crippen LogP contribution < -0.4 is 10.1 Å². The molecule has 1 unspecified atom stereocenters. The molecule has 0 saturated heterocycles. The van der Waals surface area contributed by atoms with Gasteiger partial charge >= 0.3 is 12.1 Å². The molecule has 2 aromatic heterocycles. The predicted octanol–water partition coefficient (Wildman–Crippen LogP) is 7.18. The number of methoxy groups -OCH3 is 1. The van der Waals surface area contributed by atoms with E-state index in [4.69, 9.17) is 18.9 Å². The van der Waals surface area contributed by atoms with E-state index in [0.717, 1.165) is 5.56 Å². The fourth-order valence-corrected chi connectivity index (χ4v) is 7.15. The molecule has 2 heterocycles. The smallest absolute Gasteiger partial charge is 0.410 e. The summed E-state index contributed by atoms with van der Waals surface area (Å²) in [5.74, 6) is 0.590. The first-order valence-corrected chi connectivity index (χ1v) is 20.0. The number of nitrogens with one attached hydrogen (secondary N) is 1. The van der Waals surface area contributed by atoms with Gasteiger partial charge in [-0.3, -0.25) is 9.69 Å². The largest absolute Gasteiger partial charge is 0.496 e. The zero-order valence-electron chi connectivity index (χ0n) is 34.8. The highest BCUT2D eigenvalue weighted by Gasteiger charge is 2.31. The minimum Gasteiger partial charge on any atom is -0.496 e. The van der Waals surface area contributed by atoms with Crippen LogP contribution in [-0.2, 0) is 42.0 Å². The molecule has 0 saturated carbocycles. The number of rotatable bonds is 15. The first-order valence-electron chi connectivity index (χ1n) is 18.6. The van der Waals surface area contributed by atoms with Crippen molar-refractivity contribution in [1.82, 2.24) is 23.7 Å². The Morgan fingerprint density at radius 1 is 0.875 bits per heavy atom. The normalized spacial score (nSPS) is 13.1. The average molecular weight is 795 g/mol. The molecule has 1 atom stereocenters. The van der Waals surface area contributed by atoms with Crippen LogP contribution in [0.4, 0.5) is 16.3 Å². The highest BCUT2D eigenvalue weighted by atomic mass is 32.2. The van der Waals surface area contributed by atoms with E-state index in [9.17, 15) is 18.0 Å². The third-order valence-corrected chi connectivity index (χ3v) is 10.1. The molecule has 306 valence electrons. The standard InChI is InChI=1S/C41H58N6O8S/c1-39(2,3)53-26-32(37(48)54-40(4,5)6)46(11)24-29-23-30(20-21-33(29)52-12)44-35-34-28(17-16-22-45(10)38(49)55-41(7,8)9)25-47(36(34)43-27-42-35)56(50,51)31-18-14-13-15-19-31/h13-15,18-21,23,25,27,32H,16-17,22,24,26H2,1-12H3,(H,42,43,44). The van der Waals surface area contributed by atoms with Crippen LogP contribution in [0.25, 0.3) is 11.0 Å². The Labute approximate surface area is 331 Å². The SMILES string of the molecule is COc1ccc(Nc2ncnc3c2c(CCCN(C)C(=O)OC(C)(C)C)cn3S(=O)(=O)c2ccccc2)cc1CN(C)C(COC(C)(C)C)C(=O)OC(C)(C)C. The van der Waals surface area contributed by atoms with Crippen molar-refractivity contribution in [2.45, 2.75) is 109 Å². The number of hydrogen-bond donors (Lipinski definition) is 1. The first-order chi connectivity index (χ1) is 26.0. The molecule has 14 nitrogen and oxygen atoms in total. The number of carbonyl (C=O) groups excluding carboxylic acids is 2. The molecule has 0 spiro atoms. The van der Waals surface area contributed by atoms with Gasteiger partial charge in [-0.25, -0.2) is 27.2 Å². The van der Waals surface area contributed by atoms with Crippen molar-refractivity contribution in [3.8, 4) is 5.75 Å². The van der Waals surface area contributed by atoms with E-state index in [1.807, 2.05) is 92.5 Å². The van der Waals surface area contributed by atoms with E-state index in [0.29, 0.717) is 54.1 Å². The predicted molar refractivity (Wildman–Crippen MR) is 217 cm³/mol. The number of carbonyl (C=O) groups is 2. The summed E-state index contributed by atoms with van der Waals surface area (Å²) in [6.07, 6.45) is 3.36. The second-order valence-electron chi connectivity index (χ2n) is 16.7. The molecule has 4 aromatic rings. The summed E-state index contributed by atoms with van der Waals surface area (Å²) in [6, 6.07) is 13.0. The van der Waals surface area contributed by atoms with Crippen LogP contribution in [-0.4, -0.2) is 101 Å². The molecule has 2 aromatic carbocycles. The number of fused-ring (bicyclic) bond motifs is 1. The van der Waals surface area contributed by atoms with E-state index in [1.54, 1.807) is 38.6 Å². The molecule has 0 aliphatic heterocycles. The molecule has 1 N–H and O–H groups in total. The number of amides is 1. The van der Waals surface area contributed by atoms with Gasteiger partial charge in [-0.15, -0.1) is 0 Å². The zero-order valence-corrected chi connectivity index (χ0v) is 35.6. The van der Waals surface area contributed by atoms with Crippen molar-refractivity contribution in [3.63, 3.8) is 0 Å². The number of nitrogens with zero attached hydrogens (tertiary/aromatic N) is 5. The van der Waals surface area contributed by atoms with E-state index in [1.165, 1.54) is 27.3 Å². The molecule has 0 fully saturated rings. The van der Waals surface area contributed by atoms with Crippen LogP contribution in [0.2, 0.25) is 0 Å². The highest BCUT2D eigenvalue weighted by Crippen LogP contribution is 2.33. The van der Waals surface area contributed by atoms with E-state index < -0.39 is 44.9 Å². The summed E-state index contributed by atoms with van der Waals surface area (Å²) in [5.41, 5.74) is 0.487. The van der Waals surface area contributed by atoms with Gasteiger partial charge in [0.15, 0.2) is 5.65 Å². The van der Waals surface area contributed by atoms with Crippen LogP contribution in [0, 0.1) is 0 Å². The van der Waals surface area contributed by atoms with Gasteiger partial charge in [-0.1, -0.05) is 18.2 Å². The van der Waals surface area contributed by atoms with Gasteiger partial charge in [0.05, 0.1) is 29.6 Å². The third-order valence-electron chi connectivity index (χ3n) is 8.42. The van der Waals surface area contributed by atoms with Crippen LogP contribution in [0.3, 0.4) is 0 Å². The summed E-state index contributed by atoms with van der Waals surface area (Å²) < 4.78 is 52.2. The van der Waals surface area contributed by atoms with Crippen LogP contribution in [0.15, 0.2) is 66.0 Å². The third kappa shape index (κ3) is 11.9. The summed E-state index contributed by atoms with van der Waals surface area (Å²) >= 11 is 0. The molecule has 56 heavy (non-hydrogen) atoms.